The number of halogens is 6. The Balaban J connectivity index is 3.42. The molecule has 0 bridgehead atoms. The zero-order chi connectivity index (χ0) is 11.8. The quantitative estimate of drug-likeness (QED) is 0.634. The average molecular weight is 292 g/mol. The maximum absolute atomic E-state index is 12.2. The van der Waals surface area contributed by atoms with Crippen LogP contribution in [0.15, 0.2) is 10.7 Å². The van der Waals surface area contributed by atoms with E-state index in [0.717, 1.165) is 0 Å². The first-order valence-electron chi connectivity index (χ1n) is 3.48. The second-order valence-corrected chi connectivity index (χ2v) is 3.28. The van der Waals surface area contributed by atoms with Crippen molar-refractivity contribution in [3.8, 4) is 5.75 Å². The van der Waals surface area contributed by atoms with E-state index in [4.69, 9.17) is 5.11 Å². The van der Waals surface area contributed by atoms with E-state index in [1.807, 2.05) is 0 Å². The third kappa shape index (κ3) is 2.55. The Morgan fingerprint density at radius 2 is 1.87 bits per heavy atom. The number of hydrogen-bond acceptors (Lipinski definition) is 2. The normalized spacial score (nSPS) is 12.2. The molecule has 0 aliphatic carbocycles. The van der Waals surface area contributed by atoms with E-state index in [9.17, 15) is 22.0 Å². The number of hydrogen-bond donors (Lipinski definition) is 1. The summed E-state index contributed by atoms with van der Waals surface area (Å²) < 4.78 is 60.6. The fraction of sp³-hybridized carbons (Fsp3) is 0.286. The minimum atomic E-state index is -4.98. The Bertz CT molecular complexity index is 378. The summed E-state index contributed by atoms with van der Waals surface area (Å²) >= 11 is 2.55. The Kier molecular flexibility index (Phi) is 3.17. The van der Waals surface area contributed by atoms with Gasteiger partial charge in [-0.05, 0) is 22.0 Å². The van der Waals surface area contributed by atoms with Gasteiger partial charge in [-0.1, -0.05) is 0 Å². The average Bonchev–Trinajstić information content (AvgIpc) is 2.06. The van der Waals surface area contributed by atoms with Crippen LogP contribution in [-0.4, -0.2) is 10.1 Å². The molecule has 1 N–H and O–H groups in total. The molecule has 0 spiro atoms. The van der Waals surface area contributed by atoms with Gasteiger partial charge in [-0.15, -0.1) is 0 Å². The van der Waals surface area contributed by atoms with Crippen molar-refractivity contribution in [3.05, 3.63) is 21.9 Å². The van der Waals surface area contributed by atoms with Gasteiger partial charge < -0.3 is 5.11 Å². The van der Waals surface area contributed by atoms with Crippen LogP contribution in [-0.2, 0) is 6.18 Å². The van der Waals surface area contributed by atoms with E-state index in [0.29, 0.717) is 0 Å². The van der Waals surface area contributed by atoms with Gasteiger partial charge in [0.25, 0.3) is 6.43 Å². The molecular formula is C7H3BrF5NO. The van der Waals surface area contributed by atoms with E-state index < -0.39 is 34.2 Å². The van der Waals surface area contributed by atoms with Crippen LogP contribution in [0.4, 0.5) is 22.0 Å². The smallest absolute Gasteiger partial charge is 0.418 e. The summed E-state index contributed by atoms with van der Waals surface area (Å²) in [4.78, 5) is 2.94. The largest absolute Gasteiger partial charge is 0.505 e. The van der Waals surface area contributed by atoms with Gasteiger partial charge in [0.15, 0.2) is 0 Å². The van der Waals surface area contributed by atoms with Crippen LogP contribution in [0.3, 0.4) is 0 Å². The lowest BCUT2D eigenvalue weighted by Gasteiger charge is -2.12. The molecule has 0 atom stereocenters. The molecule has 0 fully saturated rings. The van der Waals surface area contributed by atoms with Gasteiger partial charge in [0.2, 0.25) is 0 Å². The van der Waals surface area contributed by atoms with Crippen LogP contribution in [0.25, 0.3) is 0 Å². The van der Waals surface area contributed by atoms with Gasteiger partial charge in [-0.2, -0.15) is 13.2 Å². The number of rotatable bonds is 1. The van der Waals surface area contributed by atoms with Crippen LogP contribution < -0.4 is 0 Å². The minimum absolute atomic E-state index is 0.207. The SMILES string of the molecule is Oc1cc(C(F)(F)F)c(C(F)F)nc1Br. The molecule has 0 saturated heterocycles. The summed E-state index contributed by atoms with van der Waals surface area (Å²) in [5.41, 5.74) is -3.05. The summed E-state index contributed by atoms with van der Waals surface area (Å²) in [5.74, 6) is -0.841. The topological polar surface area (TPSA) is 33.1 Å². The highest BCUT2D eigenvalue weighted by molar-refractivity contribution is 9.10. The van der Waals surface area contributed by atoms with Crippen molar-refractivity contribution in [2.45, 2.75) is 12.6 Å². The molecule has 8 heteroatoms. The highest BCUT2D eigenvalue weighted by Crippen LogP contribution is 2.38. The second-order valence-electron chi connectivity index (χ2n) is 2.53. The molecule has 15 heavy (non-hydrogen) atoms. The molecule has 1 aromatic rings. The predicted octanol–water partition coefficient (Wildman–Crippen LogP) is 3.51. The maximum Gasteiger partial charge on any atom is 0.418 e. The lowest BCUT2D eigenvalue weighted by Crippen LogP contribution is -2.11. The zero-order valence-corrected chi connectivity index (χ0v) is 8.40. The highest BCUT2D eigenvalue weighted by Gasteiger charge is 2.37. The van der Waals surface area contributed by atoms with Crippen molar-refractivity contribution in [3.63, 3.8) is 0 Å². The van der Waals surface area contributed by atoms with E-state index >= 15 is 0 Å². The van der Waals surface area contributed by atoms with Crippen LogP contribution in [0.5, 0.6) is 5.75 Å². The molecule has 2 nitrogen and oxygen atoms in total. The number of pyridine rings is 1. The van der Waals surface area contributed by atoms with Gasteiger partial charge in [-0.25, -0.2) is 13.8 Å². The number of aromatic hydroxyl groups is 1. The number of aromatic nitrogens is 1. The molecule has 1 aromatic heterocycles. The maximum atomic E-state index is 12.2. The van der Waals surface area contributed by atoms with Crippen LogP contribution in [0.2, 0.25) is 0 Å². The molecule has 0 radical (unpaired) electrons. The zero-order valence-electron chi connectivity index (χ0n) is 6.82. The minimum Gasteiger partial charge on any atom is -0.505 e. The predicted molar refractivity (Wildman–Crippen MR) is 43.6 cm³/mol. The first-order valence-corrected chi connectivity index (χ1v) is 4.27. The number of alkyl halides is 5. The monoisotopic (exact) mass is 291 g/mol. The first-order chi connectivity index (χ1) is 6.73. The third-order valence-electron chi connectivity index (χ3n) is 1.50. The molecule has 0 aliphatic rings. The Hall–Kier alpha value is -0.920. The van der Waals surface area contributed by atoms with E-state index in [1.165, 1.54) is 0 Å². The van der Waals surface area contributed by atoms with Crippen LogP contribution in [0, 0.1) is 0 Å². The van der Waals surface area contributed by atoms with Crippen molar-refractivity contribution in [1.29, 1.82) is 0 Å². The Labute approximate surface area is 88.9 Å². The molecule has 1 heterocycles. The third-order valence-corrected chi connectivity index (χ3v) is 2.08. The van der Waals surface area contributed by atoms with Crippen molar-refractivity contribution in [2.24, 2.45) is 0 Å². The highest BCUT2D eigenvalue weighted by atomic mass is 79.9. The standard InChI is InChI=1S/C7H3BrF5NO/c8-5-3(15)1-2(7(11,12)13)4(14-5)6(9)10/h1,6,15H. The summed E-state index contributed by atoms with van der Waals surface area (Å²) in [7, 11) is 0. The summed E-state index contributed by atoms with van der Waals surface area (Å²) in [6.07, 6.45) is -8.34. The van der Waals surface area contributed by atoms with Crippen molar-refractivity contribution in [2.75, 3.05) is 0 Å². The molecule has 1 rings (SSSR count). The van der Waals surface area contributed by atoms with Gasteiger partial charge >= 0.3 is 6.18 Å². The lowest BCUT2D eigenvalue weighted by atomic mass is 10.2. The van der Waals surface area contributed by atoms with Crippen LogP contribution in [0.1, 0.15) is 17.7 Å². The lowest BCUT2D eigenvalue weighted by molar-refractivity contribution is -0.140. The summed E-state index contributed by atoms with van der Waals surface area (Å²) in [6, 6.07) is 0.207. The summed E-state index contributed by atoms with van der Waals surface area (Å²) in [6.45, 7) is 0. The van der Waals surface area contributed by atoms with Crippen molar-refractivity contribution >= 4 is 15.9 Å². The van der Waals surface area contributed by atoms with Gasteiger partial charge in [0.1, 0.15) is 16.0 Å². The fourth-order valence-corrected chi connectivity index (χ4v) is 1.19. The molecule has 84 valence electrons. The number of nitrogens with zero attached hydrogens (tertiary/aromatic N) is 1. The van der Waals surface area contributed by atoms with Gasteiger partial charge in [0, 0.05) is 0 Å². The Morgan fingerprint density at radius 3 is 2.27 bits per heavy atom. The molecule has 0 aliphatic heterocycles. The molecule has 0 aromatic carbocycles. The molecule has 0 unspecified atom stereocenters. The van der Waals surface area contributed by atoms with Crippen LogP contribution >= 0.6 is 15.9 Å². The molecule has 0 saturated carbocycles. The van der Waals surface area contributed by atoms with Crippen molar-refractivity contribution < 1.29 is 27.1 Å². The van der Waals surface area contributed by atoms with Crippen molar-refractivity contribution in [1.82, 2.24) is 4.98 Å². The van der Waals surface area contributed by atoms with E-state index in [-0.39, 0.29) is 6.07 Å². The molecule has 0 amide bonds. The van der Waals surface area contributed by atoms with E-state index in [1.54, 1.807) is 0 Å². The fourth-order valence-electron chi connectivity index (χ4n) is 0.887. The van der Waals surface area contributed by atoms with Gasteiger partial charge in [-0.3, -0.25) is 0 Å². The molecular weight excluding hydrogens is 289 g/mol. The first kappa shape index (κ1) is 12.2. The summed E-state index contributed by atoms with van der Waals surface area (Å²) in [5, 5.41) is 8.92. The van der Waals surface area contributed by atoms with Gasteiger partial charge in [0.05, 0.1) is 5.56 Å². The Morgan fingerprint density at radius 1 is 1.33 bits per heavy atom. The van der Waals surface area contributed by atoms with E-state index in [2.05, 4.69) is 20.9 Å². The second kappa shape index (κ2) is 3.92.